The van der Waals surface area contributed by atoms with Crippen LogP contribution in [0.1, 0.15) is 0 Å². The van der Waals surface area contributed by atoms with Crippen LogP contribution in [0.5, 0.6) is 0 Å². The SMILES string of the molecule is [Ru].c1ccc2cc3nc4c5cccnc5c5ncccc5c4nc3cc2c1.c1ccc2nc(-c3ccc4ccccc4n3)ccc2c1.c1ccc2nc(-c3ccc4ccccc4n3)ccc2c1. The first-order valence-electron chi connectivity index (χ1n) is 21.7. The molecule has 0 amide bonds. The van der Waals surface area contributed by atoms with Crippen LogP contribution in [0.15, 0.2) is 219 Å². The molecule has 0 radical (unpaired) electrons. The number of hydrogen-bond acceptors (Lipinski definition) is 8. The number of benzene rings is 7. The van der Waals surface area contributed by atoms with Crippen molar-refractivity contribution in [1.29, 1.82) is 0 Å². The molecule has 0 saturated heterocycles. The summed E-state index contributed by atoms with van der Waals surface area (Å²) >= 11 is 0. The van der Waals surface area contributed by atoms with Gasteiger partial charge in [0, 0.05) is 64.2 Å². The van der Waals surface area contributed by atoms with Crippen LogP contribution in [0.2, 0.25) is 0 Å². The maximum absolute atomic E-state index is 4.98. The molecule has 0 fully saturated rings. The summed E-state index contributed by atoms with van der Waals surface area (Å²) < 4.78 is 0. The smallest absolute Gasteiger partial charge is 0.0996 e. The van der Waals surface area contributed by atoms with Crippen LogP contribution in [0.4, 0.5) is 0 Å². The van der Waals surface area contributed by atoms with Gasteiger partial charge in [-0.2, -0.15) is 0 Å². The van der Waals surface area contributed by atoms with Gasteiger partial charge in [-0.3, -0.25) is 9.97 Å². The molecule has 0 aliphatic rings. The fourth-order valence-electron chi connectivity index (χ4n) is 8.52. The van der Waals surface area contributed by atoms with Crippen molar-refractivity contribution in [2.24, 2.45) is 0 Å². The van der Waals surface area contributed by atoms with Crippen molar-refractivity contribution in [2.75, 3.05) is 0 Å². The Morgan fingerprint density at radius 1 is 0.224 bits per heavy atom. The minimum absolute atomic E-state index is 0. The van der Waals surface area contributed by atoms with Crippen LogP contribution in [0.3, 0.4) is 0 Å². The van der Waals surface area contributed by atoms with E-state index >= 15 is 0 Å². The van der Waals surface area contributed by atoms with Crippen LogP contribution in [-0.2, 0) is 19.5 Å². The van der Waals surface area contributed by atoms with Gasteiger partial charge in [-0.05, 0) is 95.7 Å². The average Bonchev–Trinajstić information content (AvgIpc) is 3.39. The van der Waals surface area contributed by atoms with Crippen molar-refractivity contribution in [3.8, 4) is 22.8 Å². The normalized spacial score (nSPS) is 11.2. The molecule has 0 spiro atoms. The Balaban J connectivity index is 0.000000111. The monoisotopic (exact) mass is 946 g/mol. The molecule has 0 aliphatic carbocycles. The van der Waals surface area contributed by atoms with Gasteiger partial charge in [-0.25, -0.2) is 29.9 Å². The Hall–Kier alpha value is -8.52. The van der Waals surface area contributed by atoms with Crippen LogP contribution in [0, 0.1) is 0 Å². The van der Waals surface area contributed by atoms with E-state index in [1.54, 1.807) is 12.4 Å². The second-order valence-corrected chi connectivity index (χ2v) is 16.0. The average molecular weight is 946 g/mol. The van der Waals surface area contributed by atoms with E-state index in [1.807, 2.05) is 133 Å². The first kappa shape index (κ1) is 41.2. The van der Waals surface area contributed by atoms with Gasteiger partial charge in [0.1, 0.15) is 0 Å². The third-order valence-electron chi connectivity index (χ3n) is 11.8. The van der Waals surface area contributed by atoms with Crippen LogP contribution in [0.25, 0.3) is 121 Å². The molecule has 9 heteroatoms. The van der Waals surface area contributed by atoms with E-state index in [-0.39, 0.29) is 19.5 Å². The summed E-state index contributed by atoms with van der Waals surface area (Å²) in [6.45, 7) is 0. The fourth-order valence-corrected chi connectivity index (χ4v) is 8.52. The molecule has 14 aromatic rings. The molecule has 316 valence electrons. The predicted molar refractivity (Wildman–Crippen MR) is 270 cm³/mol. The second-order valence-electron chi connectivity index (χ2n) is 16.0. The van der Waals surface area contributed by atoms with E-state index in [0.717, 1.165) is 110 Å². The van der Waals surface area contributed by atoms with Gasteiger partial charge in [0.25, 0.3) is 0 Å². The molecule has 0 aliphatic heterocycles. The van der Waals surface area contributed by atoms with Crippen molar-refractivity contribution in [2.45, 2.75) is 0 Å². The third-order valence-corrected chi connectivity index (χ3v) is 11.8. The van der Waals surface area contributed by atoms with E-state index in [4.69, 9.17) is 9.97 Å². The molecule has 0 bridgehead atoms. The molecule has 7 heterocycles. The quantitative estimate of drug-likeness (QED) is 0.0959. The number of hydrogen-bond donors (Lipinski definition) is 0. The number of fused-ring (bicyclic) bond motifs is 12. The molecule has 0 unspecified atom stereocenters. The van der Waals surface area contributed by atoms with Crippen LogP contribution in [-0.4, -0.2) is 39.9 Å². The molecule has 0 saturated carbocycles. The number of pyridine rings is 6. The van der Waals surface area contributed by atoms with Crippen LogP contribution < -0.4 is 0 Å². The zero-order valence-corrected chi connectivity index (χ0v) is 37.5. The van der Waals surface area contributed by atoms with Gasteiger partial charge in [-0.15, -0.1) is 0 Å². The number of aromatic nitrogens is 8. The Kier molecular flexibility index (Phi) is 11.0. The summed E-state index contributed by atoms with van der Waals surface area (Å²) in [6.07, 6.45) is 3.59. The summed E-state index contributed by atoms with van der Waals surface area (Å²) in [5.74, 6) is 0. The van der Waals surface area contributed by atoms with Crippen molar-refractivity contribution in [3.05, 3.63) is 219 Å². The van der Waals surface area contributed by atoms with Gasteiger partial charge < -0.3 is 0 Å². The number of nitrogens with zero attached hydrogens (tertiary/aromatic N) is 8. The van der Waals surface area contributed by atoms with Crippen molar-refractivity contribution in [3.63, 3.8) is 0 Å². The summed E-state index contributed by atoms with van der Waals surface area (Å²) in [5.41, 5.74) is 12.9. The molecule has 8 nitrogen and oxygen atoms in total. The van der Waals surface area contributed by atoms with E-state index in [0.29, 0.717) is 0 Å². The maximum Gasteiger partial charge on any atom is 0.0996 e. The van der Waals surface area contributed by atoms with Crippen molar-refractivity contribution in [1.82, 2.24) is 39.9 Å². The standard InChI is InChI=1S/C22H12N4.2C18H12N2.Ru/c1-2-6-14-12-18-17(11-13(14)5-1)25-21-15-7-3-9-23-19(15)20-16(22(21)26-18)8-4-10-24-20;2*1-3-7-15-13(5-1)9-11-17(19-15)18-12-10-14-6-2-4-8-16(14)20-18;/h1-12H;2*1-12H;. The molecule has 0 N–H and O–H groups in total. The molecule has 7 aromatic heterocycles. The van der Waals surface area contributed by atoms with Crippen molar-refractivity contribution >= 4 is 98.3 Å². The summed E-state index contributed by atoms with van der Waals surface area (Å²) in [5, 5.41) is 8.90. The minimum atomic E-state index is 0. The first-order valence-corrected chi connectivity index (χ1v) is 21.7. The van der Waals surface area contributed by atoms with E-state index < -0.39 is 0 Å². The van der Waals surface area contributed by atoms with E-state index in [1.165, 1.54) is 10.8 Å². The largest absolute Gasteiger partial charge is 0.254 e. The molecular weight excluding hydrogens is 910 g/mol. The number of para-hydroxylation sites is 4. The molecular formula is C58H36N8Ru. The molecule has 14 rings (SSSR count). The topological polar surface area (TPSA) is 103 Å². The maximum atomic E-state index is 4.98. The van der Waals surface area contributed by atoms with Gasteiger partial charge in [0.05, 0.1) is 77.9 Å². The molecule has 67 heavy (non-hydrogen) atoms. The Morgan fingerprint density at radius 3 is 0.851 bits per heavy atom. The number of rotatable bonds is 2. The Labute approximate surface area is 396 Å². The summed E-state index contributed by atoms with van der Waals surface area (Å²) in [6, 6.07) is 69.4. The Morgan fingerprint density at radius 2 is 0.522 bits per heavy atom. The zero-order valence-electron chi connectivity index (χ0n) is 35.7. The second kappa shape index (κ2) is 17.8. The Bertz CT molecular complexity index is 3740. The molecule has 0 atom stereocenters. The third kappa shape index (κ3) is 8.03. The summed E-state index contributed by atoms with van der Waals surface area (Å²) in [4.78, 5) is 37.8. The first-order chi connectivity index (χ1) is 32.7. The zero-order chi connectivity index (χ0) is 43.8. The van der Waals surface area contributed by atoms with Crippen molar-refractivity contribution < 1.29 is 19.5 Å². The predicted octanol–water partition coefficient (Wildman–Crippen LogP) is 13.9. The summed E-state index contributed by atoms with van der Waals surface area (Å²) in [7, 11) is 0. The van der Waals surface area contributed by atoms with Gasteiger partial charge >= 0.3 is 0 Å². The van der Waals surface area contributed by atoms with E-state index in [2.05, 4.69) is 103 Å². The minimum Gasteiger partial charge on any atom is -0.254 e. The van der Waals surface area contributed by atoms with Gasteiger partial charge in [0.2, 0.25) is 0 Å². The van der Waals surface area contributed by atoms with Gasteiger partial charge in [0.15, 0.2) is 0 Å². The van der Waals surface area contributed by atoms with E-state index in [9.17, 15) is 0 Å². The van der Waals surface area contributed by atoms with Gasteiger partial charge in [-0.1, -0.05) is 121 Å². The fraction of sp³-hybridized carbons (Fsp3) is 0. The molecule has 7 aromatic carbocycles. The van der Waals surface area contributed by atoms with Crippen LogP contribution >= 0.6 is 0 Å².